The Morgan fingerprint density at radius 2 is 0.480 bits per heavy atom. The van der Waals surface area contributed by atoms with Crippen molar-refractivity contribution in [2.45, 2.75) is 0 Å². The van der Waals surface area contributed by atoms with Crippen molar-refractivity contribution in [1.82, 2.24) is 9.13 Å². The molecular weight excluding hydrogens is 907 g/mol. The maximum absolute atomic E-state index is 2.48. The Morgan fingerprint density at radius 1 is 0.187 bits per heavy atom. The van der Waals surface area contributed by atoms with E-state index < -0.39 is 0 Å². The third-order valence-electron chi connectivity index (χ3n) is 15.5. The zero-order valence-corrected chi connectivity index (χ0v) is 41.0. The van der Waals surface area contributed by atoms with Gasteiger partial charge in [0.1, 0.15) is 0 Å². The zero-order valence-electron chi connectivity index (χ0n) is 41.0. The third kappa shape index (κ3) is 7.05. The average Bonchev–Trinajstić information content (AvgIpc) is 4.00. The van der Waals surface area contributed by atoms with Crippen LogP contribution in [0, 0.1) is 0 Å². The molecule has 0 N–H and O–H groups in total. The highest BCUT2D eigenvalue weighted by Crippen LogP contribution is 2.43. The monoisotopic (exact) mass is 953 g/mol. The van der Waals surface area contributed by atoms with Crippen LogP contribution in [-0.2, 0) is 0 Å². The van der Waals surface area contributed by atoms with Crippen LogP contribution in [0.3, 0.4) is 0 Å². The largest absolute Gasteiger partial charge is 0.311 e. The van der Waals surface area contributed by atoms with Gasteiger partial charge in [-0.3, -0.25) is 0 Å². The van der Waals surface area contributed by atoms with Crippen LogP contribution in [0.25, 0.3) is 121 Å². The minimum absolute atomic E-state index is 1.10. The van der Waals surface area contributed by atoms with Crippen LogP contribution in [0.5, 0.6) is 0 Å². The van der Waals surface area contributed by atoms with Gasteiger partial charge in [0.2, 0.25) is 0 Å². The van der Waals surface area contributed by atoms with E-state index in [1.807, 2.05) is 0 Å². The summed E-state index contributed by atoms with van der Waals surface area (Å²) in [5.41, 5.74) is 17.4. The van der Waals surface area contributed by atoms with Gasteiger partial charge in [-0.1, -0.05) is 182 Å². The molecule has 0 spiro atoms. The smallest absolute Gasteiger partial charge is 0.0542 e. The third-order valence-corrected chi connectivity index (χ3v) is 15.5. The fourth-order valence-electron chi connectivity index (χ4n) is 12.0. The molecule has 0 amide bonds. The van der Waals surface area contributed by atoms with Gasteiger partial charge in [-0.15, -0.1) is 0 Å². The van der Waals surface area contributed by atoms with Crippen molar-refractivity contribution in [3.63, 3.8) is 0 Å². The van der Waals surface area contributed by atoms with Crippen molar-refractivity contribution in [3.8, 4) is 44.8 Å². The van der Waals surface area contributed by atoms with Gasteiger partial charge in [0, 0.05) is 50.0 Å². The molecule has 0 aliphatic carbocycles. The van der Waals surface area contributed by atoms with Crippen molar-refractivity contribution >= 4 is 93.0 Å². The Kier molecular flexibility index (Phi) is 9.89. The Hall–Kier alpha value is -9.96. The second kappa shape index (κ2) is 17.4. The first-order valence-corrected chi connectivity index (χ1v) is 25.8. The van der Waals surface area contributed by atoms with E-state index in [2.05, 4.69) is 299 Å². The summed E-state index contributed by atoms with van der Waals surface area (Å²) in [5.74, 6) is 0. The second-order valence-electron chi connectivity index (χ2n) is 19.7. The fraction of sp³-hybridized carbons (Fsp3) is 0. The Morgan fingerprint density at radius 3 is 0.920 bits per heavy atom. The first-order chi connectivity index (χ1) is 37.2. The first kappa shape index (κ1) is 42.7. The highest BCUT2D eigenvalue weighted by atomic mass is 15.1. The van der Waals surface area contributed by atoms with Gasteiger partial charge in [-0.2, -0.15) is 0 Å². The van der Waals surface area contributed by atoms with E-state index in [0.717, 1.165) is 45.0 Å². The summed E-state index contributed by atoms with van der Waals surface area (Å²) in [7, 11) is 0. The van der Waals surface area contributed by atoms with Gasteiger partial charge >= 0.3 is 0 Å². The van der Waals surface area contributed by atoms with Crippen molar-refractivity contribution in [3.05, 3.63) is 285 Å². The van der Waals surface area contributed by atoms with Gasteiger partial charge in [-0.05, 0) is 169 Å². The van der Waals surface area contributed by atoms with Gasteiger partial charge in [-0.25, -0.2) is 0 Å². The summed E-state index contributed by atoms with van der Waals surface area (Å²) in [6.45, 7) is 0. The first-order valence-electron chi connectivity index (χ1n) is 25.8. The average molecular weight is 954 g/mol. The molecule has 0 saturated heterocycles. The van der Waals surface area contributed by atoms with Gasteiger partial charge < -0.3 is 14.0 Å². The second-order valence-corrected chi connectivity index (χ2v) is 19.7. The van der Waals surface area contributed by atoms with E-state index in [9.17, 15) is 0 Å². The van der Waals surface area contributed by atoms with Crippen LogP contribution < -0.4 is 4.90 Å². The van der Waals surface area contributed by atoms with Crippen molar-refractivity contribution in [1.29, 1.82) is 0 Å². The normalized spacial score (nSPS) is 11.7. The molecule has 13 aromatic carbocycles. The molecule has 15 rings (SSSR count). The topological polar surface area (TPSA) is 13.1 Å². The standard InChI is InChI=1S/C72H47N3/c1-5-17-48(18-6-1)51-31-39-69-65(43-51)66-44-52(49-19-7-2-8-20-49)32-40-70(66)75(69)58-37-42-72-68(47-58)67-45-53(50-29-34-56(35-30-50)73(54-21-9-3-10-22-54)55-23-11-4-12-24-55)33-41-71(67)74(72)57-36-38-63-61-27-14-13-25-59(61)60-26-15-16-28-62(60)64(63)46-57/h1-47H. The minimum atomic E-state index is 1.10. The minimum Gasteiger partial charge on any atom is -0.311 e. The molecule has 3 nitrogen and oxygen atoms in total. The highest BCUT2D eigenvalue weighted by Gasteiger charge is 2.20. The molecule has 0 bridgehead atoms. The van der Waals surface area contributed by atoms with Crippen LogP contribution in [0.1, 0.15) is 0 Å². The molecule has 15 aromatic rings. The predicted molar refractivity (Wildman–Crippen MR) is 319 cm³/mol. The summed E-state index contributed by atoms with van der Waals surface area (Å²) < 4.78 is 4.95. The van der Waals surface area contributed by atoms with E-state index in [1.165, 1.54) is 92.7 Å². The molecular formula is C72H47N3. The van der Waals surface area contributed by atoms with E-state index in [4.69, 9.17) is 0 Å². The SMILES string of the molecule is c1ccc(-c2ccc3c(c2)c2cc(-c4ccccc4)ccc2n3-c2ccc3c(c2)c2cc(-c4ccc(N(c5ccccc5)c5ccccc5)cc4)ccc2n3-c2ccc3c4ccccc4c4ccccc4c3c2)cc1. The van der Waals surface area contributed by atoms with E-state index in [-0.39, 0.29) is 0 Å². The van der Waals surface area contributed by atoms with Crippen LogP contribution in [0.4, 0.5) is 17.1 Å². The summed E-state index contributed by atoms with van der Waals surface area (Å²) in [4.78, 5) is 2.32. The molecule has 0 unspecified atom stereocenters. The number of nitrogens with zero attached hydrogens (tertiary/aromatic N) is 3. The number of aromatic nitrogens is 2. The lowest BCUT2D eigenvalue weighted by atomic mass is 9.94. The van der Waals surface area contributed by atoms with Crippen LogP contribution in [0.15, 0.2) is 285 Å². The van der Waals surface area contributed by atoms with Gasteiger partial charge in [0.05, 0.1) is 22.1 Å². The summed E-state index contributed by atoms with van der Waals surface area (Å²) in [5, 5.41) is 12.4. The molecule has 0 aliphatic rings. The Balaban J connectivity index is 0.946. The number of para-hydroxylation sites is 2. The van der Waals surface area contributed by atoms with Gasteiger partial charge in [0.25, 0.3) is 0 Å². The molecule has 75 heavy (non-hydrogen) atoms. The number of benzene rings is 13. The van der Waals surface area contributed by atoms with Gasteiger partial charge in [0.15, 0.2) is 0 Å². The van der Waals surface area contributed by atoms with Crippen molar-refractivity contribution < 1.29 is 0 Å². The number of fused-ring (bicyclic) bond motifs is 12. The summed E-state index contributed by atoms with van der Waals surface area (Å²) in [6, 6.07) is 105. The summed E-state index contributed by atoms with van der Waals surface area (Å²) >= 11 is 0. The van der Waals surface area contributed by atoms with Crippen LogP contribution in [0.2, 0.25) is 0 Å². The Bertz CT molecular complexity index is 4500. The molecule has 0 radical (unpaired) electrons. The maximum Gasteiger partial charge on any atom is 0.0542 e. The lowest BCUT2D eigenvalue weighted by molar-refractivity contribution is 1.17. The number of rotatable bonds is 8. The van der Waals surface area contributed by atoms with Crippen molar-refractivity contribution in [2.24, 2.45) is 0 Å². The maximum atomic E-state index is 2.48. The molecule has 0 fully saturated rings. The predicted octanol–water partition coefficient (Wildman–Crippen LogP) is 19.8. The lowest BCUT2D eigenvalue weighted by Gasteiger charge is -2.25. The molecule has 0 aliphatic heterocycles. The lowest BCUT2D eigenvalue weighted by Crippen LogP contribution is -2.09. The molecule has 2 heterocycles. The Labute approximate surface area is 434 Å². The molecule has 350 valence electrons. The van der Waals surface area contributed by atoms with E-state index >= 15 is 0 Å². The zero-order chi connectivity index (χ0) is 49.4. The number of hydrogen-bond donors (Lipinski definition) is 0. The van der Waals surface area contributed by atoms with Crippen LogP contribution in [-0.4, -0.2) is 9.13 Å². The van der Waals surface area contributed by atoms with E-state index in [0.29, 0.717) is 0 Å². The summed E-state index contributed by atoms with van der Waals surface area (Å²) in [6.07, 6.45) is 0. The van der Waals surface area contributed by atoms with E-state index in [1.54, 1.807) is 0 Å². The van der Waals surface area contributed by atoms with Crippen LogP contribution >= 0.6 is 0 Å². The fourth-order valence-corrected chi connectivity index (χ4v) is 12.0. The van der Waals surface area contributed by atoms with Crippen molar-refractivity contribution in [2.75, 3.05) is 4.90 Å². The quantitative estimate of drug-likeness (QED) is 0.138. The number of hydrogen-bond acceptors (Lipinski definition) is 1. The molecule has 2 aromatic heterocycles. The number of anilines is 3. The molecule has 0 saturated carbocycles. The highest BCUT2D eigenvalue weighted by molar-refractivity contribution is 6.26. The molecule has 3 heteroatoms. The molecule has 0 atom stereocenters.